The molecule has 2 aromatic rings. The van der Waals surface area contributed by atoms with Gasteiger partial charge in [-0.25, -0.2) is 9.37 Å². The van der Waals surface area contributed by atoms with Gasteiger partial charge in [-0.1, -0.05) is 6.92 Å². The Hall–Kier alpha value is -1.46. The van der Waals surface area contributed by atoms with E-state index >= 15 is 0 Å². The molecule has 0 N–H and O–H groups in total. The predicted octanol–water partition coefficient (Wildman–Crippen LogP) is 3.66. The number of nitrogens with zero attached hydrogens (tertiary/aromatic N) is 2. The quantitative estimate of drug-likeness (QED) is 0.726. The predicted molar refractivity (Wildman–Crippen MR) is 76.0 cm³/mol. The molecule has 0 aliphatic heterocycles. The summed E-state index contributed by atoms with van der Waals surface area (Å²) in [5.41, 5.74) is 1.55. The number of halogens is 1. The van der Waals surface area contributed by atoms with Crippen LogP contribution in [0.1, 0.15) is 39.3 Å². The van der Waals surface area contributed by atoms with Gasteiger partial charge >= 0.3 is 0 Å². The summed E-state index contributed by atoms with van der Waals surface area (Å²) < 4.78 is 26.7. The zero-order valence-corrected chi connectivity index (χ0v) is 12.2. The summed E-state index contributed by atoms with van der Waals surface area (Å²) in [5, 5.41) is 0. The van der Waals surface area contributed by atoms with Gasteiger partial charge in [-0.2, -0.15) is 0 Å². The van der Waals surface area contributed by atoms with Crippen molar-refractivity contribution in [2.24, 2.45) is 0 Å². The molecular formula is C15H21FN2O2. The topological polar surface area (TPSA) is 36.3 Å². The molecule has 1 heterocycles. The Morgan fingerprint density at radius 1 is 1.20 bits per heavy atom. The molecule has 0 spiro atoms. The van der Waals surface area contributed by atoms with Crippen molar-refractivity contribution < 1.29 is 13.9 Å². The fraction of sp³-hybridized carbons (Fsp3) is 0.533. The van der Waals surface area contributed by atoms with Crippen LogP contribution >= 0.6 is 0 Å². The Kier molecular flexibility index (Phi) is 5.09. The largest absolute Gasteiger partial charge is 0.346 e. The molecule has 0 aliphatic rings. The van der Waals surface area contributed by atoms with E-state index in [1.54, 1.807) is 6.07 Å². The van der Waals surface area contributed by atoms with E-state index in [4.69, 9.17) is 9.47 Å². The molecule has 0 unspecified atom stereocenters. The summed E-state index contributed by atoms with van der Waals surface area (Å²) in [6.07, 6.45) is 0.423. The summed E-state index contributed by atoms with van der Waals surface area (Å²) in [4.78, 5) is 4.56. The lowest BCUT2D eigenvalue weighted by atomic mass is 10.3. The number of rotatable bonds is 7. The van der Waals surface area contributed by atoms with E-state index in [-0.39, 0.29) is 5.82 Å². The molecule has 0 aliphatic carbocycles. The monoisotopic (exact) mass is 280 g/mol. The Morgan fingerprint density at radius 2 is 1.90 bits per heavy atom. The molecule has 0 bridgehead atoms. The molecule has 5 heteroatoms. The summed E-state index contributed by atoms with van der Waals surface area (Å²) in [6.45, 7) is 7.73. The minimum Gasteiger partial charge on any atom is -0.346 e. The Morgan fingerprint density at radius 3 is 2.50 bits per heavy atom. The summed E-state index contributed by atoms with van der Waals surface area (Å²) >= 11 is 0. The third kappa shape index (κ3) is 2.99. The lowest BCUT2D eigenvalue weighted by Crippen LogP contribution is -2.15. The van der Waals surface area contributed by atoms with Gasteiger partial charge in [0, 0.05) is 19.8 Å². The summed E-state index contributed by atoms with van der Waals surface area (Å²) in [7, 11) is 0. The zero-order valence-electron chi connectivity index (χ0n) is 12.2. The second-order valence-electron chi connectivity index (χ2n) is 4.50. The molecule has 20 heavy (non-hydrogen) atoms. The number of aromatic nitrogens is 2. The normalized spacial score (nSPS) is 11.7. The van der Waals surface area contributed by atoms with Crippen molar-refractivity contribution in [3.05, 3.63) is 29.8 Å². The van der Waals surface area contributed by atoms with E-state index in [0.717, 1.165) is 24.0 Å². The van der Waals surface area contributed by atoms with E-state index in [2.05, 4.69) is 11.9 Å². The van der Waals surface area contributed by atoms with Gasteiger partial charge in [0.1, 0.15) is 5.82 Å². The van der Waals surface area contributed by atoms with Crippen molar-refractivity contribution in [3.63, 3.8) is 0 Å². The number of benzene rings is 1. The van der Waals surface area contributed by atoms with Crippen LogP contribution in [0, 0.1) is 5.82 Å². The molecule has 0 fully saturated rings. The molecule has 4 nitrogen and oxygen atoms in total. The minimum atomic E-state index is -0.507. The number of fused-ring (bicyclic) bond motifs is 1. The van der Waals surface area contributed by atoms with Crippen molar-refractivity contribution in [1.82, 2.24) is 9.55 Å². The van der Waals surface area contributed by atoms with Gasteiger partial charge in [0.2, 0.25) is 6.29 Å². The van der Waals surface area contributed by atoms with Crippen molar-refractivity contribution in [1.29, 1.82) is 0 Å². The third-order valence-electron chi connectivity index (χ3n) is 3.03. The van der Waals surface area contributed by atoms with Crippen LogP contribution in [0.4, 0.5) is 4.39 Å². The second-order valence-corrected chi connectivity index (χ2v) is 4.50. The first-order valence-corrected chi connectivity index (χ1v) is 7.10. The van der Waals surface area contributed by atoms with E-state index in [1.165, 1.54) is 12.1 Å². The maximum absolute atomic E-state index is 13.5. The molecule has 1 aromatic carbocycles. The molecular weight excluding hydrogens is 259 g/mol. The number of aryl methyl sites for hydroxylation is 1. The summed E-state index contributed by atoms with van der Waals surface area (Å²) in [5.74, 6) is 0.446. The van der Waals surface area contributed by atoms with Gasteiger partial charge in [-0.3, -0.25) is 0 Å². The van der Waals surface area contributed by atoms with Crippen molar-refractivity contribution in [3.8, 4) is 0 Å². The first-order chi connectivity index (χ1) is 9.71. The van der Waals surface area contributed by atoms with Crippen molar-refractivity contribution in [2.45, 2.75) is 40.0 Å². The fourth-order valence-corrected chi connectivity index (χ4v) is 2.25. The highest BCUT2D eigenvalue weighted by Gasteiger charge is 2.20. The highest BCUT2D eigenvalue weighted by atomic mass is 19.1. The van der Waals surface area contributed by atoms with Crippen LogP contribution in [0.5, 0.6) is 0 Å². The lowest BCUT2D eigenvalue weighted by molar-refractivity contribution is -0.146. The fourth-order valence-electron chi connectivity index (χ4n) is 2.25. The average Bonchev–Trinajstić information content (AvgIpc) is 2.77. The smallest absolute Gasteiger partial charge is 0.217 e. The van der Waals surface area contributed by atoms with Gasteiger partial charge < -0.3 is 14.0 Å². The SMILES string of the molecule is CCCn1c(C(OCC)OCC)nc2ccc(F)cc21. The van der Waals surface area contributed by atoms with Gasteiger partial charge in [0.15, 0.2) is 5.82 Å². The number of ether oxygens (including phenoxy) is 2. The lowest BCUT2D eigenvalue weighted by Gasteiger charge is -2.18. The Labute approximate surface area is 118 Å². The maximum atomic E-state index is 13.5. The molecule has 0 saturated heterocycles. The van der Waals surface area contributed by atoms with Crippen LogP contribution in [0.3, 0.4) is 0 Å². The van der Waals surface area contributed by atoms with Crippen LogP contribution in [-0.4, -0.2) is 22.8 Å². The molecule has 0 atom stereocenters. The van der Waals surface area contributed by atoms with Gasteiger partial charge in [-0.05, 0) is 38.5 Å². The molecule has 2 rings (SSSR count). The van der Waals surface area contributed by atoms with Crippen LogP contribution in [0.15, 0.2) is 18.2 Å². The first-order valence-electron chi connectivity index (χ1n) is 7.10. The number of imidazole rings is 1. The van der Waals surface area contributed by atoms with Crippen molar-refractivity contribution >= 4 is 11.0 Å². The average molecular weight is 280 g/mol. The standard InChI is InChI=1S/C15H21FN2O2/c1-4-9-18-13-10-11(16)7-8-12(13)17-14(18)15(19-5-2)20-6-3/h7-8,10,15H,4-6,9H2,1-3H3. The van der Waals surface area contributed by atoms with E-state index in [9.17, 15) is 4.39 Å². The van der Waals surface area contributed by atoms with Gasteiger partial charge in [0.25, 0.3) is 0 Å². The molecule has 1 aromatic heterocycles. The highest BCUT2D eigenvalue weighted by Crippen LogP contribution is 2.25. The van der Waals surface area contributed by atoms with E-state index < -0.39 is 6.29 Å². The zero-order chi connectivity index (χ0) is 14.5. The summed E-state index contributed by atoms with van der Waals surface area (Å²) in [6, 6.07) is 4.62. The number of hydrogen-bond acceptors (Lipinski definition) is 3. The maximum Gasteiger partial charge on any atom is 0.217 e. The van der Waals surface area contributed by atoms with Crippen LogP contribution in [0.2, 0.25) is 0 Å². The van der Waals surface area contributed by atoms with E-state index in [1.807, 2.05) is 18.4 Å². The van der Waals surface area contributed by atoms with Crippen molar-refractivity contribution in [2.75, 3.05) is 13.2 Å². The van der Waals surface area contributed by atoms with Gasteiger partial charge in [-0.15, -0.1) is 0 Å². The third-order valence-corrected chi connectivity index (χ3v) is 3.03. The van der Waals surface area contributed by atoms with Crippen LogP contribution in [-0.2, 0) is 16.0 Å². The van der Waals surface area contributed by atoms with E-state index in [0.29, 0.717) is 19.0 Å². The van der Waals surface area contributed by atoms with Crippen LogP contribution in [0.25, 0.3) is 11.0 Å². The molecule has 110 valence electrons. The Balaban J connectivity index is 2.51. The van der Waals surface area contributed by atoms with Gasteiger partial charge in [0.05, 0.1) is 11.0 Å². The number of hydrogen-bond donors (Lipinski definition) is 0. The minimum absolute atomic E-state index is 0.259. The molecule has 0 saturated carbocycles. The first kappa shape index (κ1) is 14.9. The highest BCUT2D eigenvalue weighted by molar-refractivity contribution is 5.76. The molecule has 0 radical (unpaired) electrons. The molecule has 0 amide bonds. The second kappa shape index (κ2) is 6.81. The Bertz CT molecular complexity index is 562. The van der Waals surface area contributed by atoms with Crippen LogP contribution < -0.4 is 0 Å².